The van der Waals surface area contributed by atoms with Gasteiger partial charge in [-0.1, -0.05) is 0 Å². The normalized spacial score (nSPS) is 13.6. The summed E-state index contributed by atoms with van der Waals surface area (Å²) in [6.07, 6.45) is 0. The van der Waals surface area contributed by atoms with Crippen molar-refractivity contribution < 1.29 is 9.90 Å². The minimum atomic E-state index is -1.05. The smallest absolute Gasteiger partial charge is 0.322 e. The molecule has 4 nitrogen and oxygen atoms in total. The van der Waals surface area contributed by atoms with Gasteiger partial charge in [-0.15, -0.1) is 23.4 Å². The second-order valence-electron chi connectivity index (χ2n) is 1.60. The first-order chi connectivity index (χ1) is 4.54. The number of rotatable bonds is 4. The Kier molecular flexibility index (Phi) is 4.80. The maximum atomic E-state index is 10.1. The van der Waals surface area contributed by atoms with Crippen LogP contribution in [0.5, 0.6) is 0 Å². The second kappa shape index (κ2) is 4.79. The Morgan fingerprint density at radius 1 is 1.70 bits per heavy atom. The van der Waals surface area contributed by atoms with Crippen LogP contribution in [0.3, 0.4) is 0 Å². The molecule has 0 spiro atoms. The second-order valence-corrected chi connectivity index (χ2v) is 3.34. The summed E-state index contributed by atoms with van der Waals surface area (Å²) in [4.78, 5) is 10.1. The van der Waals surface area contributed by atoms with Gasteiger partial charge in [-0.25, -0.2) is 0 Å². The van der Waals surface area contributed by atoms with Crippen LogP contribution in [0.1, 0.15) is 0 Å². The monoisotopic (exact) mass is 184 g/mol. The summed E-state index contributed by atoms with van der Waals surface area (Å²) >= 11 is 6.44. The molecule has 0 aliphatic heterocycles. The van der Waals surface area contributed by atoms with E-state index in [9.17, 15) is 4.79 Å². The van der Waals surface area contributed by atoms with Crippen molar-refractivity contribution in [1.29, 1.82) is 0 Å². The van der Waals surface area contributed by atoms with E-state index in [2.05, 4.69) is 0 Å². The summed E-state index contributed by atoms with van der Waals surface area (Å²) in [7, 11) is 0. The molecule has 0 aliphatic carbocycles. The van der Waals surface area contributed by atoms with Crippen molar-refractivity contribution in [2.45, 2.75) is 10.9 Å². The SMILES string of the molecule is NC(N)SC[C@@H](Cl)C(=O)O. The van der Waals surface area contributed by atoms with Crippen LogP contribution in [0.2, 0.25) is 0 Å². The molecular formula is C4H9ClN2O2S. The molecular weight excluding hydrogens is 176 g/mol. The highest BCUT2D eigenvalue weighted by molar-refractivity contribution is 7.99. The number of aliphatic carboxylic acids is 1. The molecule has 0 saturated carbocycles. The van der Waals surface area contributed by atoms with E-state index in [1.54, 1.807) is 0 Å². The van der Waals surface area contributed by atoms with Crippen molar-refractivity contribution in [3.05, 3.63) is 0 Å². The van der Waals surface area contributed by atoms with Crippen LogP contribution in [-0.4, -0.2) is 27.7 Å². The molecule has 0 aliphatic rings. The standard InChI is InChI=1S/C4H9ClN2O2S/c5-2(3(8)9)1-10-4(6)7/h2,4H,1,6-7H2,(H,8,9)/t2-/m1/s1. The van der Waals surface area contributed by atoms with Crippen molar-refractivity contribution in [1.82, 2.24) is 0 Å². The molecule has 6 heteroatoms. The van der Waals surface area contributed by atoms with Crippen LogP contribution < -0.4 is 11.5 Å². The molecule has 0 aromatic heterocycles. The number of hydrogen-bond acceptors (Lipinski definition) is 4. The van der Waals surface area contributed by atoms with Crippen LogP contribution in [0.25, 0.3) is 0 Å². The van der Waals surface area contributed by atoms with Gasteiger partial charge < -0.3 is 16.6 Å². The van der Waals surface area contributed by atoms with Crippen LogP contribution in [0.4, 0.5) is 0 Å². The molecule has 0 heterocycles. The van der Waals surface area contributed by atoms with Gasteiger partial charge in [-0.3, -0.25) is 4.79 Å². The number of nitrogens with two attached hydrogens (primary N) is 2. The van der Waals surface area contributed by atoms with E-state index in [1.165, 1.54) is 0 Å². The third kappa shape index (κ3) is 4.87. The Morgan fingerprint density at radius 3 is 2.50 bits per heavy atom. The number of carboxylic acids is 1. The summed E-state index contributed by atoms with van der Waals surface area (Å²) < 4.78 is 0. The van der Waals surface area contributed by atoms with Gasteiger partial charge in [0.1, 0.15) is 10.9 Å². The van der Waals surface area contributed by atoms with Crippen LogP contribution in [0.15, 0.2) is 0 Å². The van der Waals surface area contributed by atoms with Crippen LogP contribution in [-0.2, 0) is 4.79 Å². The van der Waals surface area contributed by atoms with Gasteiger partial charge in [0.25, 0.3) is 0 Å². The Balaban J connectivity index is 3.40. The van der Waals surface area contributed by atoms with Crippen LogP contribution in [0, 0.1) is 0 Å². The molecule has 0 unspecified atom stereocenters. The van der Waals surface area contributed by atoms with Gasteiger partial charge in [-0.05, 0) is 0 Å². The fourth-order valence-corrected chi connectivity index (χ4v) is 1.02. The Labute approximate surface area is 67.9 Å². The summed E-state index contributed by atoms with van der Waals surface area (Å²) in [6.45, 7) is 0. The van der Waals surface area contributed by atoms with E-state index in [0.717, 1.165) is 11.8 Å². The lowest BCUT2D eigenvalue weighted by Crippen LogP contribution is -2.29. The molecule has 0 fully saturated rings. The third-order valence-electron chi connectivity index (χ3n) is 0.703. The van der Waals surface area contributed by atoms with E-state index < -0.39 is 16.8 Å². The highest BCUT2D eigenvalue weighted by atomic mass is 35.5. The predicted molar refractivity (Wildman–Crippen MR) is 41.9 cm³/mol. The summed E-state index contributed by atoms with van der Waals surface area (Å²) in [5.41, 5.74) is 9.71. The Bertz CT molecular complexity index is 122. The van der Waals surface area contributed by atoms with Crippen LogP contribution >= 0.6 is 23.4 Å². The largest absolute Gasteiger partial charge is 0.480 e. The minimum Gasteiger partial charge on any atom is -0.480 e. The van der Waals surface area contributed by atoms with E-state index in [4.69, 9.17) is 28.2 Å². The molecule has 0 bridgehead atoms. The molecule has 0 aromatic carbocycles. The zero-order valence-corrected chi connectivity index (χ0v) is 6.73. The van der Waals surface area contributed by atoms with Gasteiger partial charge >= 0.3 is 5.97 Å². The zero-order chi connectivity index (χ0) is 8.15. The molecule has 0 radical (unpaired) electrons. The van der Waals surface area contributed by atoms with Gasteiger partial charge in [0.2, 0.25) is 0 Å². The van der Waals surface area contributed by atoms with E-state index in [0.29, 0.717) is 0 Å². The minimum absolute atomic E-state index is 0.231. The van der Waals surface area contributed by atoms with Crippen molar-refractivity contribution in [3.8, 4) is 0 Å². The number of hydrogen-bond donors (Lipinski definition) is 3. The lowest BCUT2D eigenvalue weighted by molar-refractivity contribution is -0.136. The fourth-order valence-electron chi connectivity index (χ4n) is 0.267. The fraction of sp³-hybridized carbons (Fsp3) is 0.750. The van der Waals surface area contributed by atoms with E-state index in [-0.39, 0.29) is 5.75 Å². The maximum absolute atomic E-state index is 10.1. The van der Waals surface area contributed by atoms with Crippen molar-refractivity contribution in [3.63, 3.8) is 0 Å². The Hall–Kier alpha value is 0.0300. The van der Waals surface area contributed by atoms with Gasteiger partial charge in [0.15, 0.2) is 0 Å². The highest BCUT2D eigenvalue weighted by Crippen LogP contribution is 2.08. The van der Waals surface area contributed by atoms with Crippen molar-refractivity contribution >= 4 is 29.3 Å². The predicted octanol–water partition coefficient (Wildman–Crippen LogP) is -0.387. The van der Waals surface area contributed by atoms with E-state index >= 15 is 0 Å². The van der Waals surface area contributed by atoms with Gasteiger partial charge in [0, 0.05) is 5.75 Å². The first kappa shape index (κ1) is 10.0. The molecule has 0 aromatic rings. The molecule has 10 heavy (non-hydrogen) atoms. The number of carboxylic acid groups (broad SMARTS) is 1. The molecule has 60 valence electrons. The average Bonchev–Trinajstić information content (AvgIpc) is 1.82. The number of halogens is 1. The summed E-state index contributed by atoms with van der Waals surface area (Å²) in [6, 6.07) is 0. The lowest BCUT2D eigenvalue weighted by Gasteiger charge is -2.05. The van der Waals surface area contributed by atoms with E-state index in [1.807, 2.05) is 0 Å². The summed E-state index contributed by atoms with van der Waals surface area (Å²) in [5.74, 6) is -0.816. The van der Waals surface area contributed by atoms with Crippen molar-refractivity contribution in [2.24, 2.45) is 11.5 Å². The van der Waals surface area contributed by atoms with Gasteiger partial charge in [-0.2, -0.15) is 0 Å². The van der Waals surface area contributed by atoms with Gasteiger partial charge in [0.05, 0.1) is 0 Å². The molecule has 0 saturated heterocycles. The molecule has 0 amide bonds. The first-order valence-electron chi connectivity index (χ1n) is 2.53. The molecule has 5 N–H and O–H groups in total. The highest BCUT2D eigenvalue weighted by Gasteiger charge is 2.13. The number of carbonyl (C=O) groups is 1. The number of thioether (sulfide) groups is 1. The third-order valence-corrected chi connectivity index (χ3v) is 2.14. The lowest BCUT2D eigenvalue weighted by atomic mass is 10.5. The average molecular weight is 185 g/mol. The topological polar surface area (TPSA) is 89.3 Å². The Morgan fingerprint density at radius 2 is 2.20 bits per heavy atom. The maximum Gasteiger partial charge on any atom is 0.322 e. The zero-order valence-electron chi connectivity index (χ0n) is 5.16. The molecule has 0 rings (SSSR count). The number of alkyl halides is 1. The first-order valence-corrected chi connectivity index (χ1v) is 4.02. The summed E-state index contributed by atoms with van der Waals surface area (Å²) in [5, 5.41) is 7.36. The molecule has 1 atom stereocenters. The van der Waals surface area contributed by atoms with Crippen molar-refractivity contribution in [2.75, 3.05) is 5.75 Å². The quantitative estimate of drug-likeness (QED) is 0.409.